The third-order valence-corrected chi connectivity index (χ3v) is 6.70. The first-order valence-electron chi connectivity index (χ1n) is 10.6. The predicted molar refractivity (Wildman–Crippen MR) is 123 cm³/mol. The molecule has 3 heterocycles. The highest BCUT2D eigenvalue weighted by Crippen LogP contribution is 2.39. The Balaban J connectivity index is 1.54. The van der Waals surface area contributed by atoms with Crippen LogP contribution in [-0.4, -0.2) is 44.7 Å². The minimum atomic E-state index is -0.239. The second-order valence-electron chi connectivity index (χ2n) is 8.22. The third-order valence-electron chi connectivity index (χ3n) is 6.07. The van der Waals surface area contributed by atoms with E-state index in [1.807, 2.05) is 0 Å². The largest absolute Gasteiger partial charge is 0.377 e. The number of primary amides is 1. The number of rotatable bonds is 6. The van der Waals surface area contributed by atoms with Gasteiger partial charge >= 0.3 is 0 Å². The molecule has 2 aliphatic rings. The Kier molecular flexibility index (Phi) is 5.79. The Morgan fingerprint density at radius 3 is 2.47 bits per heavy atom. The minimum absolute atomic E-state index is 0.0918. The van der Waals surface area contributed by atoms with E-state index in [2.05, 4.69) is 20.2 Å². The number of aromatic nitrogens is 4. The van der Waals surface area contributed by atoms with E-state index >= 15 is 0 Å². The zero-order valence-electron chi connectivity index (χ0n) is 17.2. The normalized spacial score (nSPS) is 21.3. The van der Waals surface area contributed by atoms with E-state index in [4.69, 9.17) is 43.6 Å². The molecule has 1 saturated carbocycles. The molecule has 1 saturated heterocycles. The van der Waals surface area contributed by atoms with Gasteiger partial charge in [-0.3, -0.25) is 9.36 Å². The molecule has 1 aliphatic carbocycles. The molecule has 2 fully saturated rings. The minimum Gasteiger partial charge on any atom is -0.377 e. The first kappa shape index (κ1) is 21.2. The molecule has 0 unspecified atom stereocenters. The number of halogens is 2. The number of nitrogens with one attached hydrogen (secondary N) is 2. The summed E-state index contributed by atoms with van der Waals surface area (Å²) in [6, 6.07) is 5.62. The van der Waals surface area contributed by atoms with E-state index in [1.54, 1.807) is 24.4 Å². The number of imidazole rings is 1. The molecule has 32 heavy (non-hydrogen) atoms. The number of benzene rings is 1. The van der Waals surface area contributed by atoms with Gasteiger partial charge in [0.1, 0.15) is 5.52 Å². The quantitative estimate of drug-likeness (QED) is 0.494. The van der Waals surface area contributed by atoms with Crippen LogP contribution in [0.2, 0.25) is 10.0 Å². The number of para-hydroxylation sites is 1. The van der Waals surface area contributed by atoms with Crippen LogP contribution >= 0.6 is 23.2 Å². The van der Waals surface area contributed by atoms with Crippen molar-refractivity contribution in [2.24, 2.45) is 11.7 Å². The Morgan fingerprint density at radius 1 is 1.12 bits per heavy atom. The number of anilines is 3. The maximum absolute atomic E-state index is 11.6. The molecule has 11 heteroatoms. The first-order chi connectivity index (χ1) is 15.5. The van der Waals surface area contributed by atoms with E-state index in [0.717, 1.165) is 25.7 Å². The summed E-state index contributed by atoms with van der Waals surface area (Å²) in [4.78, 5) is 25.6. The molecule has 1 aliphatic heterocycles. The van der Waals surface area contributed by atoms with E-state index in [9.17, 15) is 4.79 Å². The molecule has 168 valence electrons. The second-order valence-corrected chi connectivity index (χ2v) is 9.03. The van der Waals surface area contributed by atoms with Crippen LogP contribution in [0.15, 0.2) is 24.4 Å². The van der Waals surface area contributed by atoms with Gasteiger partial charge < -0.3 is 21.1 Å². The Morgan fingerprint density at radius 2 is 1.84 bits per heavy atom. The number of amides is 1. The van der Waals surface area contributed by atoms with E-state index in [0.29, 0.717) is 52.0 Å². The SMILES string of the molecule is NC(=O)[C@H]1CC[C@H](n2c(Nc3c(Cl)cccc3Cl)nc3cnc(NC4COC4)nc32)CC1. The van der Waals surface area contributed by atoms with Crippen LogP contribution in [0, 0.1) is 5.92 Å². The summed E-state index contributed by atoms with van der Waals surface area (Å²) in [5.74, 6) is 0.772. The molecule has 9 nitrogen and oxygen atoms in total. The summed E-state index contributed by atoms with van der Waals surface area (Å²) in [5.41, 5.74) is 7.47. The molecular formula is C21H23Cl2N7O2. The van der Waals surface area contributed by atoms with Crippen molar-refractivity contribution in [2.45, 2.75) is 37.8 Å². The fraction of sp³-hybridized carbons (Fsp3) is 0.429. The number of fused-ring (bicyclic) bond motifs is 1. The van der Waals surface area contributed by atoms with Gasteiger partial charge in [-0.15, -0.1) is 0 Å². The smallest absolute Gasteiger partial charge is 0.225 e. The Hall–Kier alpha value is -2.62. The van der Waals surface area contributed by atoms with Gasteiger partial charge in [-0.25, -0.2) is 9.97 Å². The van der Waals surface area contributed by atoms with Crippen LogP contribution in [0.25, 0.3) is 11.2 Å². The van der Waals surface area contributed by atoms with Gasteiger partial charge in [0.2, 0.25) is 17.8 Å². The van der Waals surface area contributed by atoms with Gasteiger partial charge in [-0.1, -0.05) is 29.3 Å². The van der Waals surface area contributed by atoms with Gasteiger partial charge in [0.15, 0.2) is 5.65 Å². The molecule has 3 aromatic rings. The van der Waals surface area contributed by atoms with Crippen molar-refractivity contribution < 1.29 is 9.53 Å². The van der Waals surface area contributed by atoms with Gasteiger partial charge in [0.05, 0.1) is 41.2 Å². The number of ether oxygens (including phenoxy) is 1. The third kappa shape index (κ3) is 4.07. The molecule has 1 amide bonds. The molecule has 1 aromatic carbocycles. The van der Waals surface area contributed by atoms with Crippen molar-refractivity contribution in [2.75, 3.05) is 23.8 Å². The van der Waals surface area contributed by atoms with E-state index in [1.165, 1.54) is 0 Å². The average molecular weight is 476 g/mol. The summed E-state index contributed by atoms with van der Waals surface area (Å²) >= 11 is 12.8. The van der Waals surface area contributed by atoms with Crippen LogP contribution in [0.4, 0.5) is 17.6 Å². The zero-order chi connectivity index (χ0) is 22.2. The monoisotopic (exact) mass is 475 g/mol. The number of nitrogens with zero attached hydrogens (tertiary/aromatic N) is 4. The maximum Gasteiger partial charge on any atom is 0.225 e. The Bertz CT molecular complexity index is 1140. The number of hydrogen-bond donors (Lipinski definition) is 3. The van der Waals surface area contributed by atoms with Gasteiger partial charge in [0, 0.05) is 12.0 Å². The molecule has 2 aromatic heterocycles. The maximum atomic E-state index is 11.6. The van der Waals surface area contributed by atoms with Crippen LogP contribution in [0.5, 0.6) is 0 Å². The lowest BCUT2D eigenvalue weighted by Gasteiger charge is -2.29. The highest BCUT2D eigenvalue weighted by molar-refractivity contribution is 6.39. The summed E-state index contributed by atoms with van der Waals surface area (Å²) in [6.07, 6.45) is 4.72. The van der Waals surface area contributed by atoms with Crippen molar-refractivity contribution in [3.8, 4) is 0 Å². The molecule has 0 bridgehead atoms. The molecule has 5 rings (SSSR count). The van der Waals surface area contributed by atoms with Crippen LogP contribution < -0.4 is 16.4 Å². The van der Waals surface area contributed by atoms with Crippen molar-refractivity contribution in [1.82, 2.24) is 19.5 Å². The second kappa shape index (κ2) is 8.73. The van der Waals surface area contributed by atoms with Crippen LogP contribution in [0.3, 0.4) is 0 Å². The summed E-state index contributed by atoms with van der Waals surface area (Å²) in [6.45, 7) is 1.27. The van der Waals surface area contributed by atoms with Crippen LogP contribution in [-0.2, 0) is 9.53 Å². The van der Waals surface area contributed by atoms with E-state index < -0.39 is 0 Å². The molecule has 0 spiro atoms. The fourth-order valence-electron chi connectivity index (χ4n) is 4.24. The highest BCUT2D eigenvalue weighted by Gasteiger charge is 2.29. The predicted octanol–water partition coefficient (Wildman–Crippen LogP) is 3.90. The molecule has 4 N–H and O–H groups in total. The average Bonchev–Trinajstić information content (AvgIpc) is 3.11. The van der Waals surface area contributed by atoms with Crippen molar-refractivity contribution >= 4 is 57.9 Å². The number of nitrogens with two attached hydrogens (primary N) is 1. The Labute approximate surface area is 194 Å². The summed E-state index contributed by atoms with van der Waals surface area (Å²) < 4.78 is 7.29. The zero-order valence-corrected chi connectivity index (χ0v) is 18.7. The molecule has 0 atom stereocenters. The lowest BCUT2D eigenvalue weighted by atomic mass is 9.85. The van der Waals surface area contributed by atoms with Crippen molar-refractivity contribution in [3.05, 3.63) is 34.4 Å². The molecule has 0 radical (unpaired) electrons. The highest BCUT2D eigenvalue weighted by atomic mass is 35.5. The number of carbonyl (C=O) groups is 1. The number of hydrogen-bond acceptors (Lipinski definition) is 7. The number of carbonyl (C=O) groups excluding carboxylic acids is 1. The van der Waals surface area contributed by atoms with Gasteiger partial charge in [-0.2, -0.15) is 4.98 Å². The van der Waals surface area contributed by atoms with Gasteiger partial charge in [0.25, 0.3) is 0 Å². The fourth-order valence-corrected chi connectivity index (χ4v) is 4.74. The lowest BCUT2D eigenvalue weighted by Crippen LogP contribution is -2.40. The van der Waals surface area contributed by atoms with Gasteiger partial charge in [-0.05, 0) is 37.8 Å². The topological polar surface area (TPSA) is 120 Å². The molecular weight excluding hydrogens is 453 g/mol. The lowest BCUT2D eigenvalue weighted by molar-refractivity contribution is -0.122. The van der Waals surface area contributed by atoms with Crippen molar-refractivity contribution in [3.63, 3.8) is 0 Å². The summed E-state index contributed by atoms with van der Waals surface area (Å²) in [5, 5.41) is 7.57. The van der Waals surface area contributed by atoms with Crippen LogP contribution in [0.1, 0.15) is 31.7 Å². The van der Waals surface area contributed by atoms with Crippen molar-refractivity contribution in [1.29, 1.82) is 0 Å². The standard InChI is InChI=1S/C21H23Cl2N7O2/c22-14-2-1-3-15(23)17(14)28-21-27-16-8-25-20(26-12-9-32-10-12)29-19(16)30(21)13-6-4-11(5-7-13)18(24)31/h1-3,8,11-13H,4-7,9-10H2,(H2,24,31)(H,27,28)(H,25,26,29)/t11-,13-. The summed E-state index contributed by atoms with van der Waals surface area (Å²) in [7, 11) is 0. The van der Waals surface area contributed by atoms with E-state index in [-0.39, 0.29) is 23.9 Å². The first-order valence-corrected chi connectivity index (χ1v) is 11.3.